The maximum absolute atomic E-state index is 13.0. The highest BCUT2D eigenvalue weighted by atomic mass is 16.2. The van der Waals surface area contributed by atoms with Crippen LogP contribution >= 0.6 is 0 Å². The molecule has 2 atom stereocenters. The smallest absolute Gasteiger partial charge is 0.230 e. The van der Waals surface area contributed by atoms with Crippen molar-refractivity contribution in [3.63, 3.8) is 0 Å². The second-order valence-corrected chi connectivity index (χ2v) is 9.91. The molecule has 0 aliphatic carbocycles. The first kappa shape index (κ1) is 20.3. The standard InChI is InChI=1S/C21H35N3O3/c1-14(2)22-10-9-15(12-22)20(3,4)23-13-16(11-19(23)27)21(5,6)24-17(25)7-8-18(24)26/h14-16H,7-13H2,1-6H3. The summed E-state index contributed by atoms with van der Waals surface area (Å²) in [6.45, 7) is 15.4. The Balaban J connectivity index is 1.75. The lowest BCUT2D eigenvalue weighted by molar-refractivity contribution is -0.146. The van der Waals surface area contributed by atoms with Crippen molar-refractivity contribution < 1.29 is 14.4 Å². The van der Waals surface area contributed by atoms with Crippen molar-refractivity contribution in [2.75, 3.05) is 19.6 Å². The molecule has 3 aliphatic rings. The zero-order valence-corrected chi connectivity index (χ0v) is 17.7. The van der Waals surface area contributed by atoms with Gasteiger partial charge >= 0.3 is 0 Å². The molecule has 3 rings (SSSR count). The molecule has 0 N–H and O–H groups in total. The normalized spacial score (nSPS) is 28.3. The van der Waals surface area contributed by atoms with Crippen LogP contribution in [0.4, 0.5) is 0 Å². The van der Waals surface area contributed by atoms with Crippen LogP contribution in [-0.2, 0) is 14.4 Å². The predicted molar refractivity (Wildman–Crippen MR) is 104 cm³/mol. The number of imide groups is 1. The van der Waals surface area contributed by atoms with Gasteiger partial charge in [0.1, 0.15) is 0 Å². The molecule has 3 heterocycles. The van der Waals surface area contributed by atoms with Crippen LogP contribution in [0.25, 0.3) is 0 Å². The van der Waals surface area contributed by atoms with Crippen molar-refractivity contribution in [2.45, 2.75) is 84.3 Å². The fourth-order valence-corrected chi connectivity index (χ4v) is 5.19. The Morgan fingerprint density at radius 3 is 1.96 bits per heavy atom. The summed E-state index contributed by atoms with van der Waals surface area (Å²) in [5.74, 6) is 0.385. The average Bonchev–Trinajstić information content (AvgIpc) is 3.26. The van der Waals surface area contributed by atoms with Gasteiger partial charge in [-0.25, -0.2) is 0 Å². The summed E-state index contributed by atoms with van der Waals surface area (Å²) in [6.07, 6.45) is 2.11. The largest absolute Gasteiger partial charge is 0.337 e. The Labute approximate surface area is 163 Å². The van der Waals surface area contributed by atoms with E-state index in [0.29, 0.717) is 37.8 Å². The van der Waals surface area contributed by atoms with E-state index in [0.717, 1.165) is 19.5 Å². The SMILES string of the molecule is CC(C)N1CCC(C(C)(C)N2CC(C(C)(C)N3C(=O)CCC3=O)CC2=O)C1. The lowest BCUT2D eigenvalue weighted by Crippen LogP contribution is -2.55. The highest BCUT2D eigenvalue weighted by Gasteiger charge is 2.52. The van der Waals surface area contributed by atoms with Gasteiger partial charge in [-0.2, -0.15) is 0 Å². The molecule has 6 heteroatoms. The Hall–Kier alpha value is -1.43. The highest BCUT2D eigenvalue weighted by molar-refractivity contribution is 6.02. The van der Waals surface area contributed by atoms with Crippen molar-refractivity contribution >= 4 is 17.7 Å². The zero-order valence-electron chi connectivity index (χ0n) is 17.7. The third-order valence-electron chi connectivity index (χ3n) is 7.40. The summed E-state index contributed by atoms with van der Waals surface area (Å²) in [5.41, 5.74) is -0.838. The number of nitrogens with zero attached hydrogens (tertiary/aromatic N) is 3. The molecule has 0 spiro atoms. The van der Waals surface area contributed by atoms with Crippen molar-refractivity contribution in [2.24, 2.45) is 11.8 Å². The lowest BCUT2D eigenvalue weighted by Gasteiger charge is -2.43. The molecular weight excluding hydrogens is 342 g/mol. The minimum atomic E-state index is -0.620. The van der Waals surface area contributed by atoms with Gasteiger partial charge in [-0.3, -0.25) is 19.3 Å². The van der Waals surface area contributed by atoms with Gasteiger partial charge in [0, 0.05) is 55.4 Å². The fourth-order valence-electron chi connectivity index (χ4n) is 5.19. The molecule has 0 aromatic carbocycles. The van der Waals surface area contributed by atoms with Crippen molar-refractivity contribution in [3.8, 4) is 0 Å². The number of carbonyl (C=O) groups excluding carboxylic acids is 3. The Morgan fingerprint density at radius 2 is 1.44 bits per heavy atom. The molecule has 3 aliphatic heterocycles. The molecule has 3 amide bonds. The molecule has 152 valence electrons. The maximum Gasteiger partial charge on any atom is 0.230 e. The second-order valence-electron chi connectivity index (χ2n) is 9.91. The first-order chi connectivity index (χ1) is 12.5. The highest BCUT2D eigenvalue weighted by Crippen LogP contribution is 2.41. The van der Waals surface area contributed by atoms with Crippen LogP contribution < -0.4 is 0 Å². The third-order valence-corrected chi connectivity index (χ3v) is 7.40. The topological polar surface area (TPSA) is 60.9 Å². The molecule has 0 saturated carbocycles. The number of carbonyl (C=O) groups is 3. The first-order valence-electron chi connectivity index (χ1n) is 10.4. The van der Waals surface area contributed by atoms with Crippen molar-refractivity contribution in [1.29, 1.82) is 0 Å². The Morgan fingerprint density at radius 1 is 0.852 bits per heavy atom. The summed E-state index contributed by atoms with van der Waals surface area (Å²) in [6, 6.07) is 0.527. The molecule has 2 unspecified atom stereocenters. The van der Waals surface area contributed by atoms with Crippen molar-refractivity contribution in [3.05, 3.63) is 0 Å². The summed E-state index contributed by atoms with van der Waals surface area (Å²) >= 11 is 0. The summed E-state index contributed by atoms with van der Waals surface area (Å²) < 4.78 is 0. The molecule has 0 aromatic heterocycles. The number of rotatable bonds is 5. The van der Waals surface area contributed by atoms with Crippen LogP contribution in [-0.4, -0.2) is 69.2 Å². The van der Waals surface area contributed by atoms with Gasteiger partial charge in [0.05, 0.1) is 0 Å². The second kappa shape index (κ2) is 6.87. The molecular formula is C21H35N3O3. The average molecular weight is 378 g/mol. The van der Waals surface area contributed by atoms with Gasteiger partial charge in [0.2, 0.25) is 17.7 Å². The zero-order chi connectivity index (χ0) is 20.1. The first-order valence-corrected chi connectivity index (χ1v) is 10.4. The third kappa shape index (κ3) is 3.41. The number of hydrogen-bond acceptors (Lipinski definition) is 4. The maximum atomic E-state index is 13.0. The van der Waals surface area contributed by atoms with Gasteiger partial charge in [-0.15, -0.1) is 0 Å². The van der Waals surface area contributed by atoms with Gasteiger partial charge in [0.15, 0.2) is 0 Å². The van der Waals surface area contributed by atoms with Crippen LogP contribution in [0, 0.1) is 11.8 Å². The van der Waals surface area contributed by atoms with Crippen LogP contribution in [0.1, 0.15) is 67.2 Å². The number of amides is 3. The van der Waals surface area contributed by atoms with E-state index in [1.165, 1.54) is 4.90 Å². The van der Waals surface area contributed by atoms with Crippen LogP contribution in [0.3, 0.4) is 0 Å². The van der Waals surface area contributed by atoms with Crippen LogP contribution in [0.15, 0.2) is 0 Å². The molecule has 27 heavy (non-hydrogen) atoms. The van der Waals surface area contributed by atoms with E-state index < -0.39 is 5.54 Å². The molecule has 6 nitrogen and oxygen atoms in total. The minimum Gasteiger partial charge on any atom is -0.337 e. The fraction of sp³-hybridized carbons (Fsp3) is 0.857. The monoisotopic (exact) mass is 377 g/mol. The number of hydrogen-bond donors (Lipinski definition) is 0. The molecule has 0 bridgehead atoms. The van der Waals surface area contributed by atoms with E-state index >= 15 is 0 Å². The van der Waals surface area contributed by atoms with E-state index in [1.54, 1.807) is 0 Å². The van der Waals surface area contributed by atoms with E-state index in [2.05, 4.69) is 32.6 Å². The quantitative estimate of drug-likeness (QED) is 0.690. The number of likely N-dealkylation sites (tertiary alicyclic amines) is 3. The summed E-state index contributed by atoms with van der Waals surface area (Å²) in [5, 5.41) is 0. The van der Waals surface area contributed by atoms with E-state index in [4.69, 9.17) is 0 Å². The van der Waals surface area contributed by atoms with E-state index in [-0.39, 0.29) is 29.2 Å². The molecule has 0 radical (unpaired) electrons. The van der Waals surface area contributed by atoms with Crippen LogP contribution in [0.5, 0.6) is 0 Å². The minimum absolute atomic E-state index is 0.0159. The van der Waals surface area contributed by atoms with Gasteiger partial charge < -0.3 is 9.80 Å². The van der Waals surface area contributed by atoms with Gasteiger partial charge in [-0.05, 0) is 60.4 Å². The Bertz CT molecular complexity index is 625. The van der Waals surface area contributed by atoms with Crippen molar-refractivity contribution in [1.82, 2.24) is 14.7 Å². The molecule has 3 fully saturated rings. The van der Waals surface area contributed by atoms with Crippen LogP contribution in [0.2, 0.25) is 0 Å². The van der Waals surface area contributed by atoms with E-state index in [1.807, 2.05) is 18.7 Å². The molecule has 0 aromatic rings. The van der Waals surface area contributed by atoms with Gasteiger partial charge in [0.25, 0.3) is 0 Å². The summed E-state index contributed by atoms with van der Waals surface area (Å²) in [7, 11) is 0. The van der Waals surface area contributed by atoms with E-state index in [9.17, 15) is 14.4 Å². The predicted octanol–water partition coefficient (Wildman–Crippen LogP) is 2.27. The van der Waals surface area contributed by atoms with Gasteiger partial charge in [-0.1, -0.05) is 0 Å². The Kier molecular flexibility index (Phi) is 5.17. The molecule has 3 saturated heterocycles. The summed E-state index contributed by atoms with van der Waals surface area (Å²) in [4.78, 5) is 43.4. The lowest BCUT2D eigenvalue weighted by atomic mass is 9.83.